The Morgan fingerprint density at radius 2 is 1.60 bits per heavy atom. The van der Waals surface area contributed by atoms with Gasteiger partial charge in [-0.2, -0.15) is 13.2 Å². The average molecular weight is 223 g/mol. The van der Waals surface area contributed by atoms with Crippen LogP contribution in [-0.2, 0) is 6.18 Å². The van der Waals surface area contributed by atoms with E-state index < -0.39 is 23.2 Å². The van der Waals surface area contributed by atoms with Crippen molar-refractivity contribution in [3.05, 3.63) is 29.1 Å². The molecular weight excluding hydrogens is 210 g/mol. The quantitative estimate of drug-likeness (QED) is 0.526. The lowest BCUT2D eigenvalue weighted by Gasteiger charge is -2.09. The molecule has 0 atom stereocenters. The number of anilines is 1. The van der Waals surface area contributed by atoms with Gasteiger partial charge in [0.1, 0.15) is 5.82 Å². The number of hydrogen-bond donors (Lipinski definition) is 1. The van der Waals surface area contributed by atoms with Crippen molar-refractivity contribution in [2.75, 3.05) is 5.73 Å². The Balaban J connectivity index is 0.000000921. The Bertz CT molecular complexity index is 308. The summed E-state index contributed by atoms with van der Waals surface area (Å²) in [7, 11) is 0. The highest BCUT2D eigenvalue weighted by Crippen LogP contribution is 2.32. The van der Waals surface area contributed by atoms with Gasteiger partial charge in [-0.05, 0) is 24.6 Å². The summed E-state index contributed by atoms with van der Waals surface area (Å²) in [4.78, 5) is 0. The fourth-order valence-electron chi connectivity index (χ4n) is 0.961. The number of nitrogen functional groups attached to an aromatic ring is 1. The van der Waals surface area contributed by atoms with Crippen molar-refractivity contribution in [1.29, 1.82) is 0 Å². The predicted molar refractivity (Wildman–Crippen MR) is 51.9 cm³/mol. The van der Waals surface area contributed by atoms with Crippen LogP contribution in [-0.4, -0.2) is 0 Å². The molecule has 0 spiro atoms. The lowest BCUT2D eigenvalue weighted by atomic mass is 10.1. The van der Waals surface area contributed by atoms with Gasteiger partial charge in [0.05, 0.1) is 11.3 Å². The second kappa shape index (κ2) is 5.00. The third kappa shape index (κ3) is 3.42. The number of alkyl halides is 3. The number of halogens is 4. The average Bonchev–Trinajstić information content (AvgIpc) is 2.15. The molecule has 1 rings (SSSR count). The standard InChI is InChI=1S/C8H7F4N.C2H6/c1-4-2-5(8(10,11)12)3-6(13)7(4)9;1-2/h2-3H,13H2,1H3;1-2H3. The van der Waals surface area contributed by atoms with Gasteiger partial charge in [0.15, 0.2) is 0 Å². The van der Waals surface area contributed by atoms with Gasteiger partial charge in [-0.1, -0.05) is 13.8 Å². The third-order valence-corrected chi connectivity index (χ3v) is 1.61. The van der Waals surface area contributed by atoms with Crippen molar-refractivity contribution in [3.63, 3.8) is 0 Å². The van der Waals surface area contributed by atoms with E-state index in [1.54, 1.807) is 0 Å². The molecule has 1 aromatic carbocycles. The van der Waals surface area contributed by atoms with Crippen molar-refractivity contribution in [2.45, 2.75) is 26.9 Å². The molecule has 0 aliphatic rings. The number of benzene rings is 1. The molecule has 2 N–H and O–H groups in total. The molecule has 1 nitrogen and oxygen atoms in total. The van der Waals surface area contributed by atoms with Crippen molar-refractivity contribution in [1.82, 2.24) is 0 Å². The SMILES string of the molecule is CC.Cc1cc(C(F)(F)F)cc(N)c1F. The number of nitrogens with two attached hydrogens (primary N) is 1. The highest BCUT2D eigenvalue weighted by Gasteiger charge is 2.31. The van der Waals surface area contributed by atoms with E-state index in [1.165, 1.54) is 6.92 Å². The largest absolute Gasteiger partial charge is 0.416 e. The van der Waals surface area contributed by atoms with Crippen LogP contribution in [0.15, 0.2) is 12.1 Å². The van der Waals surface area contributed by atoms with Crippen molar-refractivity contribution in [2.24, 2.45) is 0 Å². The van der Waals surface area contributed by atoms with Gasteiger partial charge in [0.25, 0.3) is 0 Å². The smallest absolute Gasteiger partial charge is 0.396 e. The Kier molecular flexibility index (Phi) is 4.58. The molecule has 0 aliphatic heterocycles. The van der Waals surface area contributed by atoms with Crippen LogP contribution >= 0.6 is 0 Å². The van der Waals surface area contributed by atoms with Crippen LogP contribution < -0.4 is 5.73 Å². The summed E-state index contributed by atoms with van der Waals surface area (Å²) >= 11 is 0. The second-order valence-corrected chi connectivity index (χ2v) is 2.69. The summed E-state index contributed by atoms with van der Waals surface area (Å²) < 4.78 is 49.1. The lowest BCUT2D eigenvalue weighted by molar-refractivity contribution is -0.137. The highest BCUT2D eigenvalue weighted by atomic mass is 19.4. The summed E-state index contributed by atoms with van der Waals surface area (Å²) in [5.74, 6) is -0.798. The molecule has 5 heteroatoms. The zero-order chi connectivity index (χ0) is 12.2. The van der Waals surface area contributed by atoms with E-state index in [1.807, 2.05) is 13.8 Å². The van der Waals surface area contributed by atoms with Gasteiger partial charge < -0.3 is 5.73 Å². The molecule has 0 radical (unpaired) electrons. The van der Waals surface area contributed by atoms with Crippen LogP contribution in [0.1, 0.15) is 25.0 Å². The van der Waals surface area contributed by atoms with Crippen LogP contribution in [0.2, 0.25) is 0 Å². The molecule has 1 aromatic rings. The lowest BCUT2D eigenvalue weighted by Crippen LogP contribution is -2.07. The maximum absolute atomic E-state index is 12.8. The highest BCUT2D eigenvalue weighted by molar-refractivity contribution is 5.46. The summed E-state index contributed by atoms with van der Waals surface area (Å²) in [5.41, 5.74) is 3.53. The number of rotatable bonds is 0. The first-order valence-corrected chi connectivity index (χ1v) is 4.45. The molecular formula is C10H13F4N. The first-order valence-electron chi connectivity index (χ1n) is 4.45. The fourth-order valence-corrected chi connectivity index (χ4v) is 0.961. The Morgan fingerprint density at radius 1 is 1.13 bits per heavy atom. The molecule has 0 saturated heterocycles. The van der Waals surface area contributed by atoms with E-state index in [9.17, 15) is 17.6 Å². The van der Waals surface area contributed by atoms with Crippen LogP contribution in [0.5, 0.6) is 0 Å². The zero-order valence-corrected chi connectivity index (χ0v) is 8.74. The van der Waals surface area contributed by atoms with Gasteiger partial charge in [-0.25, -0.2) is 4.39 Å². The molecule has 0 bridgehead atoms. The van der Waals surface area contributed by atoms with E-state index in [-0.39, 0.29) is 5.56 Å². The molecule has 0 aliphatic carbocycles. The van der Waals surface area contributed by atoms with Gasteiger partial charge in [-0.3, -0.25) is 0 Å². The minimum atomic E-state index is -4.48. The van der Waals surface area contributed by atoms with Crippen molar-refractivity contribution < 1.29 is 17.6 Å². The van der Waals surface area contributed by atoms with E-state index in [4.69, 9.17) is 5.73 Å². The third-order valence-electron chi connectivity index (χ3n) is 1.61. The minimum absolute atomic E-state index is 0.104. The van der Waals surface area contributed by atoms with Crippen LogP contribution in [0.4, 0.5) is 23.2 Å². The zero-order valence-electron chi connectivity index (χ0n) is 8.74. The van der Waals surface area contributed by atoms with Crippen LogP contribution in [0, 0.1) is 12.7 Å². The van der Waals surface area contributed by atoms with Crippen molar-refractivity contribution in [3.8, 4) is 0 Å². The molecule has 86 valence electrons. The van der Waals surface area contributed by atoms with Gasteiger partial charge in [0.2, 0.25) is 0 Å². The molecule has 0 heterocycles. The molecule has 0 amide bonds. The Hall–Kier alpha value is -1.26. The van der Waals surface area contributed by atoms with Gasteiger partial charge >= 0.3 is 6.18 Å². The molecule has 0 aromatic heterocycles. The normalized spacial score (nSPS) is 10.6. The summed E-state index contributed by atoms with van der Waals surface area (Å²) in [6.45, 7) is 5.24. The van der Waals surface area contributed by atoms with E-state index in [2.05, 4.69) is 0 Å². The summed E-state index contributed by atoms with van der Waals surface area (Å²) in [6, 6.07) is 1.31. The molecule has 0 unspecified atom stereocenters. The number of hydrogen-bond acceptors (Lipinski definition) is 1. The maximum atomic E-state index is 12.8. The predicted octanol–water partition coefficient (Wildman–Crippen LogP) is 3.76. The first-order chi connectivity index (χ1) is 6.82. The Morgan fingerprint density at radius 3 is 1.93 bits per heavy atom. The summed E-state index contributed by atoms with van der Waals surface area (Å²) in [6.07, 6.45) is -4.48. The van der Waals surface area contributed by atoms with E-state index >= 15 is 0 Å². The maximum Gasteiger partial charge on any atom is 0.416 e. The van der Waals surface area contributed by atoms with Gasteiger partial charge in [0, 0.05) is 0 Å². The number of aryl methyl sites for hydroxylation is 1. The summed E-state index contributed by atoms with van der Waals surface area (Å²) in [5, 5.41) is 0. The van der Waals surface area contributed by atoms with Crippen LogP contribution in [0.25, 0.3) is 0 Å². The molecule has 15 heavy (non-hydrogen) atoms. The first kappa shape index (κ1) is 13.7. The Labute approximate surface area is 85.9 Å². The fraction of sp³-hybridized carbons (Fsp3) is 0.400. The van der Waals surface area contributed by atoms with E-state index in [0.29, 0.717) is 6.07 Å². The molecule has 0 saturated carbocycles. The van der Waals surface area contributed by atoms with Crippen molar-refractivity contribution >= 4 is 5.69 Å². The van der Waals surface area contributed by atoms with E-state index in [0.717, 1.165) is 6.07 Å². The monoisotopic (exact) mass is 223 g/mol. The van der Waals surface area contributed by atoms with Crippen LogP contribution in [0.3, 0.4) is 0 Å². The molecule has 0 fully saturated rings. The minimum Gasteiger partial charge on any atom is -0.396 e. The second-order valence-electron chi connectivity index (χ2n) is 2.69. The topological polar surface area (TPSA) is 26.0 Å². The van der Waals surface area contributed by atoms with Gasteiger partial charge in [-0.15, -0.1) is 0 Å².